The van der Waals surface area contributed by atoms with Crippen LogP contribution in [0.1, 0.15) is 29.5 Å². The van der Waals surface area contributed by atoms with Gasteiger partial charge in [-0.2, -0.15) is 0 Å². The number of halogens is 1. The Kier molecular flexibility index (Phi) is 7.37. The largest absolute Gasteiger partial charge is 0.496 e. The Labute approximate surface area is 179 Å². The minimum Gasteiger partial charge on any atom is -0.496 e. The Bertz CT molecular complexity index is 1020. The number of hydrogen-bond acceptors (Lipinski definition) is 6. The average Bonchev–Trinajstić information content (AvgIpc) is 3.29. The first kappa shape index (κ1) is 22.0. The van der Waals surface area contributed by atoms with Crippen molar-refractivity contribution in [3.05, 3.63) is 72.2 Å². The van der Waals surface area contributed by atoms with E-state index in [1.165, 1.54) is 25.4 Å². The summed E-state index contributed by atoms with van der Waals surface area (Å²) in [5, 5.41) is 2.79. The highest BCUT2D eigenvalue weighted by Crippen LogP contribution is 2.30. The highest BCUT2D eigenvalue weighted by Gasteiger charge is 2.20. The number of amides is 1. The lowest BCUT2D eigenvalue weighted by atomic mass is 9.98. The van der Waals surface area contributed by atoms with Crippen LogP contribution >= 0.6 is 0 Å². The minimum absolute atomic E-state index is 0.00713. The highest BCUT2D eigenvalue weighted by atomic mass is 19.1. The van der Waals surface area contributed by atoms with Gasteiger partial charge in [-0.3, -0.25) is 9.59 Å². The molecule has 1 atom stereocenters. The van der Waals surface area contributed by atoms with Crippen LogP contribution in [-0.2, 0) is 16.0 Å². The second kappa shape index (κ2) is 10.4. The van der Waals surface area contributed by atoms with E-state index in [4.69, 9.17) is 13.9 Å². The van der Waals surface area contributed by atoms with Gasteiger partial charge < -0.3 is 19.2 Å². The molecule has 1 amide bonds. The Hall–Kier alpha value is -3.68. The van der Waals surface area contributed by atoms with E-state index in [0.29, 0.717) is 17.7 Å². The number of ether oxygens (including phenoxy) is 2. The zero-order chi connectivity index (χ0) is 22.2. The first-order valence-corrected chi connectivity index (χ1v) is 9.78. The fraction of sp³-hybridized carbons (Fsp3) is 0.261. The maximum absolute atomic E-state index is 13.7. The van der Waals surface area contributed by atoms with Gasteiger partial charge in [-0.15, -0.1) is 0 Å². The van der Waals surface area contributed by atoms with Crippen LogP contribution in [0.4, 0.5) is 4.39 Å². The number of carbonyl (C=O) groups is 2. The van der Waals surface area contributed by atoms with Crippen LogP contribution in [0.25, 0.3) is 11.1 Å². The number of aromatic nitrogens is 1. The van der Waals surface area contributed by atoms with Crippen molar-refractivity contribution in [2.45, 2.75) is 25.8 Å². The van der Waals surface area contributed by atoms with Gasteiger partial charge in [0.2, 0.25) is 5.76 Å². The maximum atomic E-state index is 13.7. The predicted octanol–water partition coefficient (Wildman–Crippen LogP) is 3.78. The number of benzene rings is 2. The molecular formula is C23H23FN2O5. The van der Waals surface area contributed by atoms with Crippen molar-refractivity contribution in [1.82, 2.24) is 10.3 Å². The summed E-state index contributed by atoms with van der Waals surface area (Å²) in [6.07, 6.45) is 2.86. The van der Waals surface area contributed by atoms with Crippen molar-refractivity contribution in [2.24, 2.45) is 0 Å². The van der Waals surface area contributed by atoms with Gasteiger partial charge in [0.25, 0.3) is 5.91 Å². The topological polar surface area (TPSA) is 90.7 Å². The predicted molar refractivity (Wildman–Crippen MR) is 111 cm³/mol. The highest BCUT2D eigenvalue weighted by molar-refractivity contribution is 5.91. The monoisotopic (exact) mass is 426 g/mol. The summed E-state index contributed by atoms with van der Waals surface area (Å²) in [4.78, 5) is 28.1. The van der Waals surface area contributed by atoms with Crippen molar-refractivity contribution < 1.29 is 27.9 Å². The molecule has 0 radical (unpaired) electrons. The third-order valence-electron chi connectivity index (χ3n) is 4.62. The smallest absolute Gasteiger partial charge is 0.307 e. The number of esters is 1. The van der Waals surface area contributed by atoms with Crippen molar-refractivity contribution in [2.75, 3.05) is 13.7 Å². The molecule has 0 bridgehead atoms. The van der Waals surface area contributed by atoms with Crippen LogP contribution < -0.4 is 10.1 Å². The number of carbonyl (C=O) groups excluding carboxylic acids is 2. The summed E-state index contributed by atoms with van der Waals surface area (Å²) < 4.78 is 29.0. The Morgan fingerprint density at radius 3 is 2.61 bits per heavy atom. The van der Waals surface area contributed by atoms with Crippen LogP contribution in [0, 0.1) is 5.82 Å². The summed E-state index contributed by atoms with van der Waals surface area (Å²) in [6.45, 7) is 1.98. The molecule has 1 N–H and O–H groups in total. The second-order valence-electron chi connectivity index (χ2n) is 6.79. The van der Waals surface area contributed by atoms with Gasteiger partial charge in [0.1, 0.15) is 11.6 Å². The van der Waals surface area contributed by atoms with E-state index in [1.54, 1.807) is 13.0 Å². The molecule has 3 aromatic rings. The molecule has 0 saturated carbocycles. The molecule has 162 valence electrons. The zero-order valence-corrected chi connectivity index (χ0v) is 17.3. The van der Waals surface area contributed by atoms with Gasteiger partial charge in [0, 0.05) is 11.6 Å². The lowest BCUT2D eigenvalue weighted by Crippen LogP contribution is -2.38. The molecule has 3 rings (SSSR count). The first-order valence-electron chi connectivity index (χ1n) is 9.78. The molecule has 0 aliphatic carbocycles. The molecule has 31 heavy (non-hydrogen) atoms. The standard InChI is InChI=1S/C23H23FN2O5/c1-3-30-22(27)12-18(26-23(28)21-13-25-14-31-21)10-15-4-6-16(7-5-15)19-11-17(24)8-9-20(19)29-2/h4-9,11,13-14,18H,3,10,12H2,1-2H3,(H,26,28)/t18-/m1/s1. The number of hydrogen-bond donors (Lipinski definition) is 1. The van der Waals surface area contributed by atoms with E-state index >= 15 is 0 Å². The third kappa shape index (κ3) is 5.91. The summed E-state index contributed by atoms with van der Waals surface area (Å²) in [5.41, 5.74) is 2.30. The Balaban J connectivity index is 1.76. The van der Waals surface area contributed by atoms with Crippen molar-refractivity contribution in [1.29, 1.82) is 0 Å². The molecule has 0 aliphatic rings. The van der Waals surface area contributed by atoms with E-state index in [-0.39, 0.29) is 24.6 Å². The maximum Gasteiger partial charge on any atom is 0.307 e. The quantitative estimate of drug-likeness (QED) is 0.524. The number of methoxy groups -OCH3 is 1. The average molecular weight is 426 g/mol. The molecule has 0 aliphatic heterocycles. The zero-order valence-electron chi connectivity index (χ0n) is 17.3. The molecular weight excluding hydrogens is 403 g/mol. The normalized spacial score (nSPS) is 11.6. The molecule has 1 aromatic heterocycles. The van der Waals surface area contributed by atoms with Crippen molar-refractivity contribution in [3.8, 4) is 16.9 Å². The molecule has 0 spiro atoms. The van der Waals surface area contributed by atoms with Crippen molar-refractivity contribution >= 4 is 11.9 Å². The van der Waals surface area contributed by atoms with Gasteiger partial charge in [-0.05, 0) is 42.7 Å². The molecule has 7 nitrogen and oxygen atoms in total. The first-order chi connectivity index (χ1) is 15.0. The molecule has 0 saturated heterocycles. The summed E-state index contributed by atoms with van der Waals surface area (Å²) in [6, 6.07) is 11.2. The lowest BCUT2D eigenvalue weighted by molar-refractivity contribution is -0.143. The van der Waals surface area contributed by atoms with Gasteiger partial charge in [0.15, 0.2) is 6.39 Å². The molecule has 2 aromatic carbocycles. The van der Waals surface area contributed by atoms with E-state index in [1.807, 2.05) is 24.3 Å². The van der Waals surface area contributed by atoms with Crippen LogP contribution in [0.3, 0.4) is 0 Å². The number of rotatable bonds is 9. The van der Waals surface area contributed by atoms with Gasteiger partial charge in [-0.25, -0.2) is 9.37 Å². The molecule has 1 heterocycles. The third-order valence-corrected chi connectivity index (χ3v) is 4.62. The fourth-order valence-electron chi connectivity index (χ4n) is 3.19. The van der Waals surface area contributed by atoms with Gasteiger partial charge in [-0.1, -0.05) is 24.3 Å². The SMILES string of the molecule is CCOC(=O)C[C@@H](Cc1ccc(-c2cc(F)ccc2OC)cc1)NC(=O)c1cnco1. The molecule has 0 fully saturated rings. The summed E-state index contributed by atoms with van der Waals surface area (Å²) >= 11 is 0. The van der Waals surface area contributed by atoms with E-state index in [9.17, 15) is 14.0 Å². The van der Waals surface area contributed by atoms with Crippen LogP contribution in [0.2, 0.25) is 0 Å². The Morgan fingerprint density at radius 1 is 1.19 bits per heavy atom. The summed E-state index contributed by atoms with van der Waals surface area (Å²) in [5.74, 6) is -0.611. The Morgan fingerprint density at radius 2 is 1.97 bits per heavy atom. The number of nitrogens with one attached hydrogen (secondary N) is 1. The van der Waals surface area contributed by atoms with Crippen LogP contribution in [-0.4, -0.2) is 36.6 Å². The summed E-state index contributed by atoms with van der Waals surface area (Å²) in [7, 11) is 1.53. The lowest BCUT2D eigenvalue weighted by Gasteiger charge is -2.18. The van der Waals surface area contributed by atoms with Gasteiger partial charge in [0.05, 0.1) is 26.3 Å². The van der Waals surface area contributed by atoms with E-state index < -0.39 is 17.9 Å². The van der Waals surface area contributed by atoms with Crippen molar-refractivity contribution in [3.63, 3.8) is 0 Å². The molecule has 8 heteroatoms. The number of oxazole rings is 1. The van der Waals surface area contributed by atoms with Gasteiger partial charge >= 0.3 is 5.97 Å². The number of nitrogens with zero attached hydrogens (tertiary/aromatic N) is 1. The second-order valence-corrected chi connectivity index (χ2v) is 6.79. The van der Waals surface area contributed by atoms with Crippen LogP contribution in [0.15, 0.2) is 59.5 Å². The van der Waals surface area contributed by atoms with E-state index in [0.717, 1.165) is 17.5 Å². The fourth-order valence-corrected chi connectivity index (χ4v) is 3.19. The molecule has 0 unspecified atom stereocenters. The van der Waals surface area contributed by atoms with E-state index in [2.05, 4.69) is 10.3 Å². The minimum atomic E-state index is -0.508. The van der Waals surface area contributed by atoms with Crippen LogP contribution in [0.5, 0.6) is 5.75 Å².